The third-order valence-corrected chi connectivity index (χ3v) is 7.98. The maximum absolute atomic E-state index is 12.4. The lowest BCUT2D eigenvalue weighted by Gasteiger charge is -2.23. The van der Waals surface area contributed by atoms with Crippen LogP contribution in [-0.2, 0) is 14.6 Å². The highest BCUT2D eigenvalue weighted by molar-refractivity contribution is 7.91. The lowest BCUT2D eigenvalue weighted by molar-refractivity contribution is 0.120. The monoisotopic (exact) mass is 465 g/mol. The van der Waals surface area contributed by atoms with Gasteiger partial charge in [0.25, 0.3) is 0 Å². The number of nitrogens with zero attached hydrogens (tertiary/aromatic N) is 1. The second-order valence-corrected chi connectivity index (χ2v) is 11.5. The molecule has 182 valence electrons. The highest BCUT2D eigenvalue weighted by Gasteiger charge is 2.37. The van der Waals surface area contributed by atoms with Crippen LogP contribution in [0.2, 0.25) is 0 Å². The smallest absolute Gasteiger partial charge is 0.216 e. The third kappa shape index (κ3) is 9.62. The van der Waals surface area contributed by atoms with Crippen LogP contribution in [-0.4, -0.2) is 49.7 Å². The Kier molecular flexibility index (Phi) is 12.3. The van der Waals surface area contributed by atoms with Gasteiger partial charge >= 0.3 is 0 Å². The van der Waals surface area contributed by atoms with Gasteiger partial charge in [0, 0.05) is 11.8 Å². The Morgan fingerprint density at radius 2 is 1.47 bits per heavy atom. The largest absolute Gasteiger partial charge is 0.475 e. The summed E-state index contributed by atoms with van der Waals surface area (Å²) in [5.74, 6) is 0.479. The number of aliphatic hydroxyl groups excluding tert-OH is 1. The van der Waals surface area contributed by atoms with Crippen LogP contribution >= 0.6 is 0 Å². The number of aliphatic imine (C=N–C) groups is 1. The lowest BCUT2D eigenvalue weighted by Crippen LogP contribution is -2.41. The zero-order valence-electron chi connectivity index (χ0n) is 20.0. The molecule has 2 rings (SSSR count). The number of hydrogen-bond donors (Lipinski definition) is 1. The Morgan fingerprint density at radius 3 is 2.00 bits per heavy atom. The molecule has 1 heterocycles. The zero-order valence-corrected chi connectivity index (χ0v) is 20.9. The minimum atomic E-state index is -3.37. The number of benzene rings is 1. The van der Waals surface area contributed by atoms with E-state index in [-0.39, 0.29) is 6.61 Å². The van der Waals surface area contributed by atoms with Gasteiger partial charge in [0.15, 0.2) is 9.84 Å². The molecule has 0 bridgehead atoms. The Morgan fingerprint density at radius 1 is 0.938 bits per heavy atom. The molecule has 0 aliphatic carbocycles. The van der Waals surface area contributed by atoms with E-state index in [1.54, 1.807) is 0 Å². The van der Waals surface area contributed by atoms with E-state index in [0.29, 0.717) is 12.3 Å². The van der Waals surface area contributed by atoms with Crippen molar-refractivity contribution in [2.75, 3.05) is 12.9 Å². The van der Waals surface area contributed by atoms with E-state index in [1.165, 1.54) is 64.0 Å². The number of aliphatic hydroxyl groups is 1. The minimum Gasteiger partial charge on any atom is -0.475 e. The average Bonchev–Trinajstić information content (AvgIpc) is 3.27. The predicted molar refractivity (Wildman–Crippen MR) is 133 cm³/mol. The summed E-state index contributed by atoms with van der Waals surface area (Å²) in [4.78, 5) is 4.48. The molecular formula is C26H43NO4S. The van der Waals surface area contributed by atoms with Crippen molar-refractivity contribution in [1.82, 2.24) is 0 Å². The van der Waals surface area contributed by atoms with Crippen molar-refractivity contribution in [1.29, 1.82) is 0 Å². The summed E-state index contributed by atoms with van der Waals surface area (Å²) in [6.07, 6.45) is 15.5. The van der Waals surface area contributed by atoms with Crippen molar-refractivity contribution < 1.29 is 18.3 Å². The van der Waals surface area contributed by atoms with Gasteiger partial charge in [0.2, 0.25) is 5.90 Å². The van der Waals surface area contributed by atoms with Crippen molar-refractivity contribution in [2.45, 2.75) is 108 Å². The van der Waals surface area contributed by atoms with Gasteiger partial charge in [-0.1, -0.05) is 102 Å². The summed E-state index contributed by atoms with van der Waals surface area (Å²) in [6, 6.07) is 8.97. The fourth-order valence-corrected chi connectivity index (χ4v) is 5.66. The molecule has 0 spiro atoms. The molecule has 1 aromatic rings. The molecule has 0 saturated carbocycles. The molecule has 3 atom stereocenters. The van der Waals surface area contributed by atoms with Gasteiger partial charge in [0.1, 0.15) is 12.6 Å². The van der Waals surface area contributed by atoms with Crippen LogP contribution in [0.4, 0.5) is 0 Å². The summed E-state index contributed by atoms with van der Waals surface area (Å²) in [6.45, 7) is 2.47. The fourth-order valence-electron chi connectivity index (χ4n) is 4.38. The molecule has 1 aliphatic heterocycles. The van der Waals surface area contributed by atoms with Gasteiger partial charge in [-0.25, -0.2) is 13.4 Å². The molecule has 0 fully saturated rings. The fraction of sp³-hybridized carbons (Fsp3) is 0.731. The van der Waals surface area contributed by atoms with E-state index in [9.17, 15) is 13.5 Å². The molecule has 5 nitrogen and oxygen atoms in total. The van der Waals surface area contributed by atoms with Crippen molar-refractivity contribution in [3.05, 3.63) is 35.9 Å². The van der Waals surface area contributed by atoms with E-state index in [2.05, 4.69) is 11.9 Å². The first-order valence-electron chi connectivity index (χ1n) is 12.6. The number of unbranched alkanes of at least 4 members (excludes halogenated alkanes) is 11. The predicted octanol–water partition coefficient (Wildman–Crippen LogP) is 5.70. The lowest BCUT2D eigenvalue weighted by atomic mass is 10.0. The van der Waals surface area contributed by atoms with Crippen LogP contribution in [0, 0.1) is 0 Å². The van der Waals surface area contributed by atoms with Crippen molar-refractivity contribution in [3.8, 4) is 0 Å². The van der Waals surface area contributed by atoms with E-state index in [1.807, 2.05) is 30.3 Å². The standard InChI is InChI=1S/C26H43NO4S/c1-3-4-5-6-7-8-9-10-11-12-13-17-20-24(32(2,29)30)25(28)23-21-31-26(27-23)22-18-15-14-16-19-22/h14-16,18-19,23-25,28H,3-13,17,20-21H2,1-2H3/t23-,24+,25-/m0/s1. The van der Waals surface area contributed by atoms with Gasteiger partial charge in [-0.2, -0.15) is 0 Å². The highest BCUT2D eigenvalue weighted by atomic mass is 32.2. The van der Waals surface area contributed by atoms with Gasteiger partial charge in [0.05, 0.1) is 11.4 Å². The highest BCUT2D eigenvalue weighted by Crippen LogP contribution is 2.23. The minimum absolute atomic E-state index is 0.218. The maximum Gasteiger partial charge on any atom is 0.216 e. The second kappa shape index (κ2) is 14.7. The summed E-state index contributed by atoms with van der Waals surface area (Å²) in [7, 11) is -3.37. The molecule has 6 heteroatoms. The van der Waals surface area contributed by atoms with Gasteiger partial charge in [-0.15, -0.1) is 0 Å². The van der Waals surface area contributed by atoms with E-state index < -0.39 is 27.2 Å². The second-order valence-electron chi connectivity index (χ2n) is 9.21. The molecule has 0 radical (unpaired) electrons. The molecular weight excluding hydrogens is 422 g/mol. The van der Waals surface area contributed by atoms with Gasteiger partial charge in [-0.05, 0) is 18.6 Å². The Labute approximate surface area is 195 Å². The van der Waals surface area contributed by atoms with Crippen LogP contribution in [0.5, 0.6) is 0 Å². The van der Waals surface area contributed by atoms with Gasteiger partial charge < -0.3 is 9.84 Å². The molecule has 0 unspecified atom stereocenters. The Balaban J connectivity index is 1.69. The quantitative estimate of drug-likeness (QED) is 0.300. The van der Waals surface area contributed by atoms with Crippen LogP contribution in [0.25, 0.3) is 0 Å². The molecule has 32 heavy (non-hydrogen) atoms. The molecule has 0 saturated heterocycles. The van der Waals surface area contributed by atoms with Crippen LogP contribution in [0.1, 0.15) is 96.0 Å². The Bertz CT molecular complexity index is 763. The maximum atomic E-state index is 12.4. The van der Waals surface area contributed by atoms with Crippen molar-refractivity contribution in [2.24, 2.45) is 4.99 Å². The molecule has 1 aromatic carbocycles. The summed E-state index contributed by atoms with van der Waals surface area (Å²) in [5, 5.41) is 10.0. The average molecular weight is 466 g/mol. The van der Waals surface area contributed by atoms with Crippen molar-refractivity contribution in [3.63, 3.8) is 0 Å². The SMILES string of the molecule is CCCCCCCCCCCCCC[C@H]([C@@H](O)[C@@H]1COC(c2ccccc2)=N1)S(C)(=O)=O. The van der Waals surface area contributed by atoms with Gasteiger partial charge in [-0.3, -0.25) is 0 Å². The number of hydrogen-bond acceptors (Lipinski definition) is 5. The first-order valence-corrected chi connectivity index (χ1v) is 14.5. The Hall–Kier alpha value is -1.40. The normalized spacial score (nSPS) is 18.2. The van der Waals surface area contributed by atoms with E-state index in [4.69, 9.17) is 4.74 Å². The third-order valence-electron chi connectivity index (χ3n) is 6.36. The molecule has 0 aromatic heterocycles. The van der Waals surface area contributed by atoms with Crippen LogP contribution < -0.4 is 0 Å². The summed E-state index contributed by atoms with van der Waals surface area (Å²) in [5.41, 5.74) is 0.846. The zero-order chi connectivity index (χ0) is 23.2. The number of ether oxygens (including phenoxy) is 1. The molecule has 0 amide bonds. The van der Waals surface area contributed by atoms with Crippen LogP contribution in [0.15, 0.2) is 35.3 Å². The van der Waals surface area contributed by atoms with E-state index >= 15 is 0 Å². The first kappa shape index (κ1) is 26.8. The molecule has 1 N–H and O–H groups in total. The van der Waals surface area contributed by atoms with E-state index in [0.717, 1.165) is 24.8 Å². The summed E-state index contributed by atoms with van der Waals surface area (Å²) >= 11 is 0. The topological polar surface area (TPSA) is 76.0 Å². The number of sulfone groups is 1. The molecule has 1 aliphatic rings. The summed E-state index contributed by atoms with van der Waals surface area (Å²) < 4.78 is 30.4. The van der Waals surface area contributed by atoms with Crippen molar-refractivity contribution >= 4 is 15.7 Å². The number of rotatable bonds is 17. The van der Waals surface area contributed by atoms with Crippen LogP contribution in [0.3, 0.4) is 0 Å². The first-order chi connectivity index (χ1) is 15.4.